The molecule has 5 nitrogen and oxygen atoms in total. The summed E-state index contributed by atoms with van der Waals surface area (Å²) < 4.78 is 0. The molecule has 0 atom stereocenters. The van der Waals surface area contributed by atoms with Gasteiger partial charge in [0.1, 0.15) is 5.69 Å². The van der Waals surface area contributed by atoms with E-state index in [4.69, 9.17) is 0 Å². The van der Waals surface area contributed by atoms with Crippen molar-refractivity contribution < 1.29 is 4.79 Å². The standard InChI is InChI=1S/C22H24N4O/c1-16-9-7-8-12-19(16)14-23-21(27)20-13-17(2)24-22(25-20)26(3)15-18-10-5-4-6-11-18/h4-13H,14-15H2,1-3H3,(H,23,27). The van der Waals surface area contributed by atoms with Crippen LogP contribution >= 0.6 is 0 Å². The second-order valence-electron chi connectivity index (χ2n) is 6.65. The van der Waals surface area contributed by atoms with Gasteiger partial charge in [0.15, 0.2) is 0 Å². The maximum Gasteiger partial charge on any atom is 0.270 e. The molecular weight excluding hydrogens is 336 g/mol. The van der Waals surface area contributed by atoms with E-state index < -0.39 is 0 Å². The molecule has 0 spiro atoms. The molecule has 5 heteroatoms. The van der Waals surface area contributed by atoms with Gasteiger partial charge in [0.2, 0.25) is 5.95 Å². The Morgan fingerprint density at radius 3 is 2.44 bits per heavy atom. The lowest BCUT2D eigenvalue weighted by molar-refractivity contribution is 0.0945. The van der Waals surface area contributed by atoms with Crippen LogP contribution in [0.2, 0.25) is 0 Å². The minimum absolute atomic E-state index is 0.196. The SMILES string of the molecule is Cc1cc(C(=O)NCc2ccccc2C)nc(N(C)Cc2ccccc2)n1. The van der Waals surface area contributed by atoms with Crippen molar-refractivity contribution in [1.82, 2.24) is 15.3 Å². The molecule has 3 aromatic rings. The summed E-state index contributed by atoms with van der Waals surface area (Å²) in [5.74, 6) is 0.345. The van der Waals surface area contributed by atoms with E-state index in [1.807, 2.05) is 68.3 Å². The number of hydrogen-bond donors (Lipinski definition) is 1. The zero-order chi connectivity index (χ0) is 19.2. The highest BCUT2D eigenvalue weighted by molar-refractivity contribution is 5.92. The Hall–Kier alpha value is -3.21. The molecule has 0 radical (unpaired) electrons. The van der Waals surface area contributed by atoms with Crippen molar-refractivity contribution in [3.05, 3.63) is 88.7 Å². The Morgan fingerprint density at radius 2 is 1.70 bits per heavy atom. The second-order valence-corrected chi connectivity index (χ2v) is 6.65. The number of anilines is 1. The van der Waals surface area contributed by atoms with Crippen molar-refractivity contribution in [2.45, 2.75) is 26.9 Å². The number of hydrogen-bond acceptors (Lipinski definition) is 4. The zero-order valence-corrected chi connectivity index (χ0v) is 15.9. The molecule has 2 aromatic carbocycles. The molecule has 0 saturated carbocycles. The fraction of sp³-hybridized carbons (Fsp3) is 0.227. The van der Waals surface area contributed by atoms with Crippen LogP contribution < -0.4 is 10.2 Å². The van der Waals surface area contributed by atoms with Crippen LogP contribution in [0.4, 0.5) is 5.95 Å². The number of nitrogens with zero attached hydrogens (tertiary/aromatic N) is 3. The first kappa shape index (κ1) is 18.6. The molecule has 0 fully saturated rings. The van der Waals surface area contributed by atoms with Crippen LogP contribution in [0, 0.1) is 13.8 Å². The van der Waals surface area contributed by atoms with Crippen LogP contribution in [-0.2, 0) is 13.1 Å². The van der Waals surface area contributed by atoms with Crippen LogP contribution in [0.3, 0.4) is 0 Å². The average Bonchev–Trinajstić information content (AvgIpc) is 2.67. The Bertz CT molecular complexity index is 925. The molecule has 27 heavy (non-hydrogen) atoms. The Morgan fingerprint density at radius 1 is 1.00 bits per heavy atom. The summed E-state index contributed by atoms with van der Waals surface area (Å²) in [6, 6.07) is 19.8. The van der Waals surface area contributed by atoms with Gasteiger partial charge in [-0.1, -0.05) is 54.6 Å². The maximum atomic E-state index is 12.6. The highest BCUT2D eigenvalue weighted by atomic mass is 16.1. The van der Waals surface area contributed by atoms with Crippen molar-refractivity contribution in [2.24, 2.45) is 0 Å². The molecule has 1 aromatic heterocycles. The number of benzene rings is 2. The number of nitrogens with one attached hydrogen (secondary N) is 1. The van der Waals surface area contributed by atoms with Gasteiger partial charge < -0.3 is 10.2 Å². The third kappa shape index (κ3) is 4.91. The molecular formula is C22H24N4O. The summed E-state index contributed by atoms with van der Waals surface area (Å²) in [6.07, 6.45) is 0. The molecule has 1 amide bonds. The first-order valence-corrected chi connectivity index (χ1v) is 8.96. The first-order chi connectivity index (χ1) is 13.0. The van der Waals surface area contributed by atoms with E-state index in [2.05, 4.69) is 27.4 Å². The summed E-state index contributed by atoms with van der Waals surface area (Å²) >= 11 is 0. The fourth-order valence-electron chi connectivity index (χ4n) is 2.84. The molecule has 138 valence electrons. The third-order valence-corrected chi connectivity index (χ3v) is 4.38. The largest absolute Gasteiger partial charge is 0.347 e. The number of carbonyl (C=O) groups excluding carboxylic acids is 1. The van der Waals surface area contributed by atoms with Gasteiger partial charge >= 0.3 is 0 Å². The molecule has 0 aliphatic heterocycles. The van der Waals surface area contributed by atoms with Crippen molar-refractivity contribution in [2.75, 3.05) is 11.9 Å². The molecule has 1 heterocycles. The zero-order valence-electron chi connectivity index (χ0n) is 15.9. The maximum absolute atomic E-state index is 12.6. The van der Waals surface area contributed by atoms with Crippen LogP contribution in [0.15, 0.2) is 60.7 Å². The summed E-state index contributed by atoms with van der Waals surface area (Å²) in [7, 11) is 1.93. The van der Waals surface area contributed by atoms with Crippen LogP contribution in [0.25, 0.3) is 0 Å². The van der Waals surface area contributed by atoms with E-state index in [1.54, 1.807) is 6.07 Å². The highest BCUT2D eigenvalue weighted by Crippen LogP contribution is 2.13. The van der Waals surface area contributed by atoms with Crippen LogP contribution in [0.5, 0.6) is 0 Å². The molecule has 0 unspecified atom stereocenters. The van der Waals surface area contributed by atoms with E-state index >= 15 is 0 Å². The Kier molecular flexibility index (Phi) is 5.81. The highest BCUT2D eigenvalue weighted by Gasteiger charge is 2.13. The lowest BCUT2D eigenvalue weighted by atomic mass is 10.1. The molecule has 3 rings (SSSR count). The Labute approximate surface area is 160 Å². The quantitative estimate of drug-likeness (QED) is 0.729. The number of carbonyl (C=O) groups is 1. The van der Waals surface area contributed by atoms with E-state index in [0.29, 0.717) is 24.7 Å². The minimum atomic E-state index is -0.196. The number of amides is 1. The van der Waals surface area contributed by atoms with Gasteiger partial charge in [0.25, 0.3) is 5.91 Å². The number of aromatic nitrogens is 2. The third-order valence-electron chi connectivity index (χ3n) is 4.38. The van der Waals surface area contributed by atoms with Crippen molar-refractivity contribution in [3.63, 3.8) is 0 Å². The van der Waals surface area contributed by atoms with Crippen LogP contribution in [-0.4, -0.2) is 22.9 Å². The molecule has 0 aliphatic carbocycles. The van der Waals surface area contributed by atoms with E-state index in [-0.39, 0.29) is 5.91 Å². The van der Waals surface area contributed by atoms with E-state index in [1.165, 1.54) is 0 Å². The average molecular weight is 360 g/mol. The van der Waals surface area contributed by atoms with Crippen molar-refractivity contribution in [1.29, 1.82) is 0 Å². The molecule has 0 saturated heterocycles. The Balaban J connectivity index is 1.72. The second kappa shape index (κ2) is 8.45. The van der Waals surface area contributed by atoms with Gasteiger partial charge in [-0.15, -0.1) is 0 Å². The normalized spacial score (nSPS) is 10.5. The predicted octanol–water partition coefficient (Wildman–Crippen LogP) is 3.66. The minimum Gasteiger partial charge on any atom is -0.347 e. The fourth-order valence-corrected chi connectivity index (χ4v) is 2.84. The predicted molar refractivity (Wildman–Crippen MR) is 108 cm³/mol. The molecule has 0 aliphatic rings. The van der Waals surface area contributed by atoms with Gasteiger partial charge in [-0.2, -0.15) is 0 Å². The summed E-state index contributed by atoms with van der Waals surface area (Å²) in [5.41, 5.74) is 4.56. The first-order valence-electron chi connectivity index (χ1n) is 8.96. The summed E-state index contributed by atoms with van der Waals surface area (Å²) in [6.45, 7) is 5.06. The topological polar surface area (TPSA) is 58.1 Å². The van der Waals surface area contributed by atoms with Gasteiger partial charge in [-0.25, -0.2) is 9.97 Å². The lowest BCUT2D eigenvalue weighted by Crippen LogP contribution is -2.26. The van der Waals surface area contributed by atoms with Crippen molar-refractivity contribution in [3.8, 4) is 0 Å². The molecule has 0 bridgehead atoms. The van der Waals surface area contributed by atoms with Gasteiger partial charge in [-0.3, -0.25) is 4.79 Å². The van der Waals surface area contributed by atoms with Crippen LogP contribution in [0.1, 0.15) is 32.9 Å². The molecule has 1 N–H and O–H groups in total. The number of aryl methyl sites for hydroxylation is 2. The van der Waals surface area contributed by atoms with Gasteiger partial charge in [0, 0.05) is 25.8 Å². The lowest BCUT2D eigenvalue weighted by Gasteiger charge is -2.18. The summed E-state index contributed by atoms with van der Waals surface area (Å²) in [4.78, 5) is 23.5. The van der Waals surface area contributed by atoms with E-state index in [9.17, 15) is 4.79 Å². The van der Waals surface area contributed by atoms with E-state index in [0.717, 1.165) is 22.4 Å². The van der Waals surface area contributed by atoms with Crippen molar-refractivity contribution >= 4 is 11.9 Å². The monoisotopic (exact) mass is 360 g/mol. The van der Waals surface area contributed by atoms with Gasteiger partial charge in [0.05, 0.1) is 0 Å². The number of rotatable bonds is 6. The van der Waals surface area contributed by atoms with Gasteiger partial charge in [-0.05, 0) is 36.6 Å². The smallest absolute Gasteiger partial charge is 0.270 e. The summed E-state index contributed by atoms with van der Waals surface area (Å²) in [5, 5.41) is 2.95.